The number of rotatable bonds is 9. The molecule has 1 heterocycles. The lowest BCUT2D eigenvalue weighted by Gasteiger charge is -2.12. The first kappa shape index (κ1) is 16.3. The minimum atomic E-state index is -0.0631. The summed E-state index contributed by atoms with van der Waals surface area (Å²) in [6.07, 6.45) is 0.718. The van der Waals surface area contributed by atoms with E-state index < -0.39 is 0 Å². The van der Waals surface area contributed by atoms with Crippen LogP contribution in [0.2, 0.25) is 0 Å². The molecule has 0 saturated heterocycles. The van der Waals surface area contributed by atoms with Gasteiger partial charge in [0, 0.05) is 20.1 Å². The molecule has 0 fully saturated rings. The van der Waals surface area contributed by atoms with E-state index in [2.05, 4.69) is 10.2 Å². The second-order valence-corrected chi connectivity index (χ2v) is 4.31. The Kier molecular flexibility index (Phi) is 6.89. The van der Waals surface area contributed by atoms with Gasteiger partial charge in [0.05, 0.1) is 31.1 Å². The van der Waals surface area contributed by atoms with Crippen molar-refractivity contribution in [3.8, 4) is 5.88 Å². The van der Waals surface area contributed by atoms with E-state index in [-0.39, 0.29) is 5.84 Å². The van der Waals surface area contributed by atoms with Crippen LogP contribution in [0.3, 0.4) is 0 Å². The highest BCUT2D eigenvalue weighted by atomic mass is 16.5. The Labute approximate surface area is 118 Å². The van der Waals surface area contributed by atoms with Crippen LogP contribution in [0.15, 0.2) is 0 Å². The molecule has 0 spiro atoms. The fourth-order valence-electron chi connectivity index (χ4n) is 1.58. The first-order valence-corrected chi connectivity index (χ1v) is 6.45. The molecule has 7 nitrogen and oxygen atoms in total. The van der Waals surface area contributed by atoms with Crippen LogP contribution in [0.25, 0.3) is 0 Å². The van der Waals surface area contributed by atoms with Crippen LogP contribution in [0.4, 0.5) is 0 Å². The Morgan fingerprint density at radius 1 is 1.15 bits per heavy atom. The van der Waals surface area contributed by atoms with Gasteiger partial charge in [0.1, 0.15) is 5.84 Å². The van der Waals surface area contributed by atoms with Gasteiger partial charge in [-0.3, -0.25) is 5.41 Å². The number of hydrogen-bond donors (Lipinski definition) is 2. The molecule has 0 radical (unpaired) electrons. The fourth-order valence-corrected chi connectivity index (χ4v) is 1.58. The number of amidine groups is 1. The lowest BCUT2D eigenvalue weighted by Crippen LogP contribution is -2.18. The standard InChI is InChI=1S/C13H22N4O3/c1-9-10(2)16-17-13(11(9)12(14)15)20-6-4-5-19-8-7-18-3/h4-8H2,1-3H3,(H3,14,15). The van der Waals surface area contributed by atoms with Gasteiger partial charge in [-0.25, -0.2) is 0 Å². The maximum absolute atomic E-state index is 7.60. The van der Waals surface area contributed by atoms with Gasteiger partial charge < -0.3 is 19.9 Å². The summed E-state index contributed by atoms with van der Waals surface area (Å²) in [5.74, 6) is 0.240. The van der Waals surface area contributed by atoms with Crippen molar-refractivity contribution in [3.05, 3.63) is 16.8 Å². The number of nitrogens with two attached hydrogens (primary N) is 1. The predicted octanol–water partition coefficient (Wildman–Crippen LogP) is 0.809. The minimum absolute atomic E-state index is 0.0631. The van der Waals surface area contributed by atoms with E-state index in [1.54, 1.807) is 7.11 Å². The van der Waals surface area contributed by atoms with E-state index in [1.165, 1.54) is 0 Å². The van der Waals surface area contributed by atoms with Gasteiger partial charge in [-0.05, 0) is 19.4 Å². The molecule has 0 aliphatic rings. The maximum Gasteiger partial charge on any atom is 0.244 e. The fraction of sp³-hybridized carbons (Fsp3) is 0.615. The third-order valence-corrected chi connectivity index (χ3v) is 2.80. The molecule has 0 unspecified atom stereocenters. The van der Waals surface area contributed by atoms with Crippen molar-refractivity contribution in [2.75, 3.05) is 33.5 Å². The lowest BCUT2D eigenvalue weighted by molar-refractivity contribution is 0.0641. The Bertz CT molecular complexity index is 451. The van der Waals surface area contributed by atoms with Gasteiger partial charge in [-0.2, -0.15) is 5.10 Å². The van der Waals surface area contributed by atoms with Gasteiger partial charge >= 0.3 is 0 Å². The first-order chi connectivity index (χ1) is 9.57. The molecule has 1 aromatic heterocycles. The summed E-state index contributed by atoms with van der Waals surface area (Å²) >= 11 is 0. The highest BCUT2D eigenvalue weighted by Gasteiger charge is 2.14. The second kappa shape index (κ2) is 8.44. The summed E-state index contributed by atoms with van der Waals surface area (Å²) in [5, 5.41) is 15.5. The number of aromatic nitrogens is 2. The van der Waals surface area contributed by atoms with Crippen LogP contribution in [-0.2, 0) is 9.47 Å². The first-order valence-electron chi connectivity index (χ1n) is 6.45. The Hall–Kier alpha value is -1.73. The second-order valence-electron chi connectivity index (χ2n) is 4.31. The van der Waals surface area contributed by atoms with Crippen LogP contribution < -0.4 is 10.5 Å². The normalized spacial score (nSPS) is 10.6. The molecule has 1 rings (SSSR count). The molecule has 0 amide bonds. The molecule has 7 heteroatoms. The average Bonchev–Trinajstić information content (AvgIpc) is 2.41. The van der Waals surface area contributed by atoms with Gasteiger partial charge in [0.25, 0.3) is 0 Å². The zero-order valence-corrected chi connectivity index (χ0v) is 12.2. The molecular formula is C13H22N4O3. The summed E-state index contributed by atoms with van der Waals surface area (Å²) in [6.45, 7) is 5.84. The highest BCUT2D eigenvalue weighted by molar-refractivity contribution is 5.98. The molecule has 0 saturated carbocycles. The Balaban J connectivity index is 2.48. The zero-order valence-electron chi connectivity index (χ0n) is 12.2. The van der Waals surface area contributed by atoms with E-state index in [4.69, 9.17) is 25.4 Å². The van der Waals surface area contributed by atoms with Crippen molar-refractivity contribution in [1.82, 2.24) is 10.2 Å². The van der Waals surface area contributed by atoms with Crippen molar-refractivity contribution in [1.29, 1.82) is 5.41 Å². The molecule has 112 valence electrons. The van der Waals surface area contributed by atoms with Gasteiger partial charge in [0.15, 0.2) is 0 Å². The summed E-state index contributed by atoms with van der Waals surface area (Å²) in [5.41, 5.74) is 7.64. The van der Waals surface area contributed by atoms with Crippen molar-refractivity contribution < 1.29 is 14.2 Å². The molecule has 0 atom stereocenters. The largest absolute Gasteiger partial charge is 0.476 e. The summed E-state index contributed by atoms with van der Waals surface area (Å²) in [7, 11) is 1.63. The van der Waals surface area contributed by atoms with Crippen LogP contribution in [0.5, 0.6) is 5.88 Å². The molecule has 0 aliphatic heterocycles. The molecule has 0 aliphatic carbocycles. The maximum atomic E-state index is 7.60. The van der Waals surface area contributed by atoms with E-state index >= 15 is 0 Å². The van der Waals surface area contributed by atoms with E-state index in [0.29, 0.717) is 37.9 Å². The number of methoxy groups -OCH3 is 1. The third kappa shape index (κ3) is 4.75. The zero-order chi connectivity index (χ0) is 15.0. The molecule has 20 heavy (non-hydrogen) atoms. The third-order valence-electron chi connectivity index (χ3n) is 2.80. The van der Waals surface area contributed by atoms with Crippen molar-refractivity contribution >= 4 is 5.84 Å². The number of hydrogen-bond acceptors (Lipinski definition) is 6. The van der Waals surface area contributed by atoms with Crippen molar-refractivity contribution in [2.24, 2.45) is 5.73 Å². The SMILES string of the molecule is COCCOCCCOc1nnc(C)c(C)c1C(=N)N. The van der Waals surface area contributed by atoms with Crippen LogP contribution in [0, 0.1) is 19.3 Å². The Morgan fingerprint density at radius 2 is 1.90 bits per heavy atom. The molecule has 1 aromatic rings. The van der Waals surface area contributed by atoms with E-state index in [0.717, 1.165) is 17.7 Å². The van der Waals surface area contributed by atoms with Crippen molar-refractivity contribution in [3.63, 3.8) is 0 Å². The van der Waals surface area contributed by atoms with Gasteiger partial charge in [0.2, 0.25) is 5.88 Å². The molecule has 0 bridgehead atoms. The number of nitrogen functional groups attached to an aromatic ring is 1. The summed E-state index contributed by atoms with van der Waals surface area (Å²) in [4.78, 5) is 0. The highest BCUT2D eigenvalue weighted by Crippen LogP contribution is 2.19. The van der Waals surface area contributed by atoms with Crippen LogP contribution >= 0.6 is 0 Å². The number of ether oxygens (including phenoxy) is 3. The molecule has 0 aromatic carbocycles. The van der Waals surface area contributed by atoms with Gasteiger partial charge in [-0.15, -0.1) is 5.10 Å². The number of nitrogens with zero attached hydrogens (tertiary/aromatic N) is 2. The quantitative estimate of drug-likeness (QED) is 0.394. The molecule has 3 N–H and O–H groups in total. The summed E-state index contributed by atoms with van der Waals surface area (Å²) in [6, 6.07) is 0. The minimum Gasteiger partial charge on any atom is -0.476 e. The van der Waals surface area contributed by atoms with Crippen molar-refractivity contribution in [2.45, 2.75) is 20.3 Å². The van der Waals surface area contributed by atoms with Gasteiger partial charge in [-0.1, -0.05) is 0 Å². The smallest absolute Gasteiger partial charge is 0.244 e. The summed E-state index contributed by atoms with van der Waals surface area (Å²) < 4.78 is 15.7. The number of nitrogens with one attached hydrogen (secondary N) is 1. The predicted molar refractivity (Wildman–Crippen MR) is 75.3 cm³/mol. The molecular weight excluding hydrogens is 260 g/mol. The van der Waals surface area contributed by atoms with E-state index in [9.17, 15) is 0 Å². The average molecular weight is 282 g/mol. The Morgan fingerprint density at radius 3 is 2.55 bits per heavy atom. The van der Waals surface area contributed by atoms with Crippen LogP contribution in [-0.4, -0.2) is 49.6 Å². The topological polar surface area (TPSA) is 103 Å². The number of aryl methyl sites for hydroxylation is 1. The monoisotopic (exact) mass is 282 g/mol. The van der Waals surface area contributed by atoms with E-state index in [1.807, 2.05) is 13.8 Å². The lowest BCUT2D eigenvalue weighted by atomic mass is 10.1. The van der Waals surface area contributed by atoms with Crippen LogP contribution in [0.1, 0.15) is 23.2 Å².